The van der Waals surface area contributed by atoms with Crippen molar-refractivity contribution in [2.24, 2.45) is 5.73 Å². The van der Waals surface area contributed by atoms with Crippen molar-refractivity contribution in [2.75, 3.05) is 13.1 Å². The molecular weight excluding hydrogens is 238 g/mol. The number of nitrogens with two attached hydrogens (primary N) is 1. The molecule has 3 N–H and O–H groups in total. The van der Waals surface area contributed by atoms with E-state index in [-0.39, 0.29) is 17.6 Å². The van der Waals surface area contributed by atoms with Crippen LogP contribution in [0.2, 0.25) is 0 Å². The van der Waals surface area contributed by atoms with E-state index in [4.69, 9.17) is 10.8 Å². The van der Waals surface area contributed by atoms with Gasteiger partial charge in [0, 0.05) is 13.1 Å². The lowest BCUT2D eigenvalue weighted by Crippen LogP contribution is -2.56. The first-order chi connectivity index (χ1) is 8.49. The third kappa shape index (κ3) is 1.65. The maximum absolute atomic E-state index is 11.9. The molecule has 1 aliphatic carbocycles. The van der Waals surface area contributed by atoms with Gasteiger partial charge in [0.05, 0.1) is 17.8 Å². The number of aromatic nitrogens is 3. The third-order valence-electron chi connectivity index (χ3n) is 3.47. The summed E-state index contributed by atoms with van der Waals surface area (Å²) in [5.74, 6) is -1.12. The van der Waals surface area contributed by atoms with Crippen LogP contribution in [0.1, 0.15) is 29.4 Å². The van der Waals surface area contributed by atoms with Crippen LogP contribution >= 0.6 is 0 Å². The largest absolute Gasteiger partial charge is 0.476 e. The predicted octanol–water partition coefficient (Wildman–Crippen LogP) is -1.15. The molecule has 2 aliphatic rings. The van der Waals surface area contributed by atoms with Crippen molar-refractivity contribution in [3.05, 3.63) is 11.9 Å². The molecule has 1 saturated heterocycles. The molecule has 0 aromatic carbocycles. The number of hydrogen-bond acceptors (Lipinski definition) is 5. The summed E-state index contributed by atoms with van der Waals surface area (Å²) in [6.45, 7) is 1.03. The zero-order chi connectivity index (χ0) is 12.9. The Morgan fingerprint density at radius 3 is 2.61 bits per heavy atom. The van der Waals surface area contributed by atoms with Crippen LogP contribution < -0.4 is 5.73 Å². The van der Waals surface area contributed by atoms with Gasteiger partial charge < -0.3 is 15.7 Å². The van der Waals surface area contributed by atoms with E-state index in [0.717, 1.165) is 12.8 Å². The van der Waals surface area contributed by atoms with Crippen LogP contribution in [0.25, 0.3) is 0 Å². The van der Waals surface area contributed by atoms with Crippen molar-refractivity contribution < 1.29 is 14.7 Å². The lowest BCUT2D eigenvalue weighted by molar-refractivity contribution is -0.139. The fraction of sp³-hybridized carbons (Fsp3) is 0.600. The number of aromatic carboxylic acids is 1. The predicted molar refractivity (Wildman–Crippen MR) is 58.8 cm³/mol. The van der Waals surface area contributed by atoms with Crippen LogP contribution in [0.15, 0.2) is 6.20 Å². The van der Waals surface area contributed by atoms with Gasteiger partial charge in [-0.1, -0.05) is 5.21 Å². The van der Waals surface area contributed by atoms with E-state index >= 15 is 0 Å². The highest BCUT2D eigenvalue weighted by Gasteiger charge is 2.50. The van der Waals surface area contributed by atoms with Crippen molar-refractivity contribution in [3.8, 4) is 0 Å². The Hall–Kier alpha value is -1.96. The minimum absolute atomic E-state index is 0.00287. The Morgan fingerprint density at radius 2 is 2.11 bits per heavy atom. The average molecular weight is 251 g/mol. The molecule has 1 aromatic rings. The summed E-state index contributed by atoms with van der Waals surface area (Å²) in [5.41, 5.74) is 5.10. The van der Waals surface area contributed by atoms with Gasteiger partial charge in [0.15, 0.2) is 5.69 Å². The molecule has 1 saturated carbocycles. The second-order valence-corrected chi connectivity index (χ2v) is 4.91. The molecule has 0 radical (unpaired) electrons. The highest BCUT2D eigenvalue weighted by Crippen LogP contribution is 2.36. The molecule has 1 aliphatic heterocycles. The molecule has 2 fully saturated rings. The fourth-order valence-electron chi connectivity index (χ4n) is 2.01. The SMILES string of the molecule is NC1(C(=O)N2CC(n3cc(C(=O)O)nn3)C2)CC1. The first-order valence-corrected chi connectivity index (χ1v) is 5.73. The number of carbonyl (C=O) groups excluding carboxylic acids is 1. The molecule has 0 unspecified atom stereocenters. The second-order valence-electron chi connectivity index (χ2n) is 4.91. The van der Waals surface area contributed by atoms with Crippen LogP contribution in [0.3, 0.4) is 0 Å². The smallest absolute Gasteiger partial charge is 0.358 e. The van der Waals surface area contributed by atoms with E-state index in [1.807, 2.05) is 0 Å². The Labute approximate surface area is 102 Å². The molecule has 8 nitrogen and oxygen atoms in total. The topological polar surface area (TPSA) is 114 Å². The number of rotatable bonds is 3. The van der Waals surface area contributed by atoms with Gasteiger partial charge in [-0.25, -0.2) is 9.48 Å². The standard InChI is InChI=1S/C10H13N5O3/c11-10(1-2-10)9(18)14-3-6(4-14)15-5-7(8(16)17)12-13-15/h5-6H,1-4,11H2,(H,16,17). The summed E-state index contributed by atoms with van der Waals surface area (Å²) >= 11 is 0. The summed E-state index contributed by atoms with van der Waals surface area (Å²) in [6.07, 6.45) is 2.88. The van der Waals surface area contributed by atoms with Crippen LogP contribution in [-0.2, 0) is 4.79 Å². The van der Waals surface area contributed by atoms with E-state index < -0.39 is 11.5 Å². The molecule has 18 heavy (non-hydrogen) atoms. The summed E-state index contributed by atoms with van der Waals surface area (Å²) < 4.78 is 1.49. The van der Waals surface area contributed by atoms with E-state index in [2.05, 4.69) is 10.3 Å². The van der Waals surface area contributed by atoms with Crippen LogP contribution in [0.4, 0.5) is 0 Å². The van der Waals surface area contributed by atoms with Gasteiger partial charge in [-0.05, 0) is 12.8 Å². The molecule has 3 rings (SSSR count). The maximum atomic E-state index is 11.9. The number of amides is 1. The van der Waals surface area contributed by atoms with Gasteiger partial charge in [-0.3, -0.25) is 4.79 Å². The zero-order valence-corrected chi connectivity index (χ0v) is 9.61. The quantitative estimate of drug-likeness (QED) is 0.701. The second kappa shape index (κ2) is 3.52. The summed E-state index contributed by atoms with van der Waals surface area (Å²) in [5, 5.41) is 16.0. The molecule has 8 heteroatoms. The van der Waals surface area contributed by atoms with Crippen molar-refractivity contribution in [1.82, 2.24) is 19.9 Å². The first kappa shape index (κ1) is 11.1. The fourth-order valence-corrected chi connectivity index (χ4v) is 2.01. The summed E-state index contributed by atoms with van der Waals surface area (Å²) in [4.78, 5) is 24.2. The highest BCUT2D eigenvalue weighted by atomic mass is 16.4. The van der Waals surface area contributed by atoms with E-state index in [9.17, 15) is 9.59 Å². The summed E-state index contributed by atoms with van der Waals surface area (Å²) in [7, 11) is 0. The van der Waals surface area contributed by atoms with Gasteiger partial charge >= 0.3 is 5.97 Å². The van der Waals surface area contributed by atoms with E-state index in [1.165, 1.54) is 10.9 Å². The van der Waals surface area contributed by atoms with Gasteiger partial charge in [0.25, 0.3) is 0 Å². The Kier molecular flexibility index (Phi) is 2.18. The number of carboxylic acid groups (broad SMARTS) is 1. The molecule has 0 spiro atoms. The van der Waals surface area contributed by atoms with Crippen molar-refractivity contribution in [3.63, 3.8) is 0 Å². The van der Waals surface area contributed by atoms with Gasteiger partial charge in [0.1, 0.15) is 0 Å². The molecule has 1 aromatic heterocycles. The number of likely N-dealkylation sites (tertiary alicyclic amines) is 1. The number of nitrogens with zero attached hydrogens (tertiary/aromatic N) is 4. The van der Waals surface area contributed by atoms with Crippen LogP contribution in [0.5, 0.6) is 0 Å². The monoisotopic (exact) mass is 251 g/mol. The molecule has 96 valence electrons. The lowest BCUT2D eigenvalue weighted by atomic mass is 10.1. The Bertz CT molecular complexity index is 515. The molecule has 0 atom stereocenters. The van der Waals surface area contributed by atoms with Crippen molar-refractivity contribution in [1.29, 1.82) is 0 Å². The Morgan fingerprint density at radius 1 is 1.44 bits per heavy atom. The normalized spacial score (nSPS) is 21.5. The lowest BCUT2D eigenvalue weighted by Gasteiger charge is -2.40. The van der Waals surface area contributed by atoms with Gasteiger partial charge in [0.2, 0.25) is 5.91 Å². The van der Waals surface area contributed by atoms with E-state index in [0.29, 0.717) is 13.1 Å². The van der Waals surface area contributed by atoms with Crippen LogP contribution in [0, 0.1) is 0 Å². The molecule has 2 heterocycles. The third-order valence-corrected chi connectivity index (χ3v) is 3.47. The number of carboxylic acids is 1. The first-order valence-electron chi connectivity index (χ1n) is 5.73. The summed E-state index contributed by atoms with van der Waals surface area (Å²) in [6, 6.07) is -0.00287. The highest BCUT2D eigenvalue weighted by molar-refractivity contribution is 5.89. The molecular formula is C10H13N5O3. The Balaban J connectivity index is 1.61. The number of hydrogen-bond donors (Lipinski definition) is 2. The molecule has 0 bridgehead atoms. The maximum Gasteiger partial charge on any atom is 0.358 e. The minimum atomic E-state index is -1.10. The van der Waals surface area contributed by atoms with E-state index in [1.54, 1.807) is 4.90 Å². The van der Waals surface area contributed by atoms with Crippen molar-refractivity contribution in [2.45, 2.75) is 24.4 Å². The average Bonchev–Trinajstić information content (AvgIpc) is 2.83. The zero-order valence-electron chi connectivity index (χ0n) is 9.61. The molecule has 1 amide bonds. The van der Waals surface area contributed by atoms with Gasteiger partial charge in [-0.15, -0.1) is 5.10 Å². The van der Waals surface area contributed by atoms with Crippen molar-refractivity contribution >= 4 is 11.9 Å². The van der Waals surface area contributed by atoms with Crippen LogP contribution in [-0.4, -0.2) is 55.5 Å². The van der Waals surface area contributed by atoms with Gasteiger partial charge in [-0.2, -0.15) is 0 Å². The minimum Gasteiger partial charge on any atom is -0.476 e. The number of carbonyl (C=O) groups is 2.